The van der Waals surface area contributed by atoms with Crippen molar-refractivity contribution in [3.8, 4) is 0 Å². The monoisotopic (exact) mass is 177 g/mol. The minimum atomic E-state index is -1.13. The van der Waals surface area contributed by atoms with Gasteiger partial charge in [-0.05, 0) is 12.3 Å². The van der Waals surface area contributed by atoms with E-state index in [4.69, 9.17) is 11.8 Å². The maximum atomic E-state index is 5.12. The van der Waals surface area contributed by atoms with Gasteiger partial charge in [-0.15, -0.1) is 12.2 Å². The predicted molar refractivity (Wildman–Crippen MR) is 50.1 cm³/mol. The number of hydrogen-bond donors (Lipinski definition) is 1. The van der Waals surface area contributed by atoms with Crippen LogP contribution in [0.3, 0.4) is 0 Å². The molecule has 0 aromatic heterocycles. The van der Waals surface area contributed by atoms with Gasteiger partial charge < -0.3 is 0 Å². The summed E-state index contributed by atoms with van der Waals surface area (Å²) in [6.45, 7) is 4.22. The van der Waals surface area contributed by atoms with Crippen LogP contribution in [0.4, 0.5) is 0 Å². The fourth-order valence-corrected chi connectivity index (χ4v) is 0.671. The van der Waals surface area contributed by atoms with Gasteiger partial charge in [0.15, 0.2) is 0 Å². The zero-order valence-corrected chi connectivity index (χ0v) is 10.3. The van der Waals surface area contributed by atoms with E-state index in [2.05, 4.69) is 26.1 Å². The SMILES string of the molecule is CCP(=S)(S)CC.[Na]. The first-order chi connectivity index (χ1) is 3.12. The topological polar surface area (TPSA) is 0 Å². The first-order valence-corrected chi connectivity index (χ1v) is 6.75. The summed E-state index contributed by atoms with van der Waals surface area (Å²) in [6.07, 6.45) is 2.17. The quantitative estimate of drug-likeness (QED) is 0.382. The third-order valence-electron chi connectivity index (χ3n) is 0.988. The third-order valence-corrected chi connectivity index (χ3v) is 6.21. The molecule has 0 atom stereocenters. The summed E-state index contributed by atoms with van der Waals surface area (Å²) in [4.78, 5) is 0. The fraction of sp³-hybridized carbons (Fsp3) is 1.00. The van der Waals surface area contributed by atoms with E-state index in [-0.39, 0.29) is 29.6 Å². The van der Waals surface area contributed by atoms with E-state index in [9.17, 15) is 0 Å². The second kappa shape index (κ2) is 5.76. The first kappa shape index (κ1) is 12.7. The molecule has 8 heavy (non-hydrogen) atoms. The minimum absolute atomic E-state index is 0. The van der Waals surface area contributed by atoms with E-state index in [1.165, 1.54) is 0 Å². The summed E-state index contributed by atoms with van der Waals surface area (Å²) in [5.41, 5.74) is 0. The van der Waals surface area contributed by atoms with Gasteiger partial charge in [0.1, 0.15) is 0 Å². The number of hydrogen-bond acceptors (Lipinski definition) is 1. The Bertz CT molecular complexity index is 86.0. The first-order valence-electron chi connectivity index (χ1n) is 2.43. The van der Waals surface area contributed by atoms with Gasteiger partial charge in [-0.25, -0.2) is 0 Å². The molecule has 0 rings (SSSR count). The molecule has 0 spiro atoms. The molecule has 0 aliphatic rings. The summed E-state index contributed by atoms with van der Waals surface area (Å²) < 4.78 is 0. The summed E-state index contributed by atoms with van der Waals surface area (Å²) >= 11 is 9.43. The van der Waals surface area contributed by atoms with Gasteiger partial charge in [0.2, 0.25) is 0 Å². The van der Waals surface area contributed by atoms with Crippen molar-refractivity contribution in [2.45, 2.75) is 13.8 Å². The average molecular weight is 177 g/mol. The van der Waals surface area contributed by atoms with E-state index in [0.717, 1.165) is 12.3 Å². The molecule has 0 N–H and O–H groups in total. The molecule has 0 fully saturated rings. The summed E-state index contributed by atoms with van der Waals surface area (Å²) in [6, 6.07) is 0. The number of thiol groups is 1. The normalized spacial score (nSPS) is 10.4. The van der Waals surface area contributed by atoms with Crippen LogP contribution in [0.2, 0.25) is 0 Å². The maximum absolute atomic E-state index is 5.12. The Hall–Kier alpha value is 2.00. The molecule has 0 saturated heterocycles. The van der Waals surface area contributed by atoms with Crippen molar-refractivity contribution in [1.82, 2.24) is 0 Å². The van der Waals surface area contributed by atoms with Crippen molar-refractivity contribution in [1.29, 1.82) is 0 Å². The Labute approximate surface area is 84.3 Å². The van der Waals surface area contributed by atoms with Crippen LogP contribution in [0.15, 0.2) is 0 Å². The van der Waals surface area contributed by atoms with Crippen molar-refractivity contribution < 1.29 is 0 Å². The van der Waals surface area contributed by atoms with E-state index in [1.54, 1.807) is 0 Å². The van der Waals surface area contributed by atoms with Crippen LogP contribution in [0.25, 0.3) is 0 Å². The van der Waals surface area contributed by atoms with Crippen molar-refractivity contribution in [3.63, 3.8) is 0 Å². The molecule has 0 aliphatic heterocycles. The third kappa shape index (κ3) is 6.12. The van der Waals surface area contributed by atoms with Crippen LogP contribution in [-0.2, 0) is 11.8 Å². The van der Waals surface area contributed by atoms with Crippen molar-refractivity contribution in [2.24, 2.45) is 0 Å². The molecule has 0 aliphatic carbocycles. The van der Waals surface area contributed by atoms with Gasteiger partial charge in [-0.1, -0.05) is 25.7 Å². The smallest absolute Gasteiger partial charge is 0.00289 e. The van der Waals surface area contributed by atoms with Crippen molar-refractivity contribution >= 4 is 58.9 Å². The molecule has 0 amide bonds. The molecule has 0 unspecified atom stereocenters. The van der Waals surface area contributed by atoms with Gasteiger partial charge >= 0.3 is 0 Å². The van der Waals surface area contributed by atoms with E-state index in [1.807, 2.05) is 0 Å². The van der Waals surface area contributed by atoms with Crippen LogP contribution in [0.1, 0.15) is 13.8 Å². The van der Waals surface area contributed by atoms with Crippen molar-refractivity contribution in [2.75, 3.05) is 12.3 Å². The van der Waals surface area contributed by atoms with Gasteiger partial charge in [-0.2, -0.15) is 0 Å². The molecule has 0 aromatic rings. The Kier molecular flexibility index (Phi) is 9.11. The second-order valence-corrected chi connectivity index (χ2v) is 9.64. The van der Waals surface area contributed by atoms with Crippen LogP contribution >= 0.6 is 17.5 Å². The zero-order valence-electron chi connectivity index (χ0n) is 5.72. The summed E-state index contributed by atoms with van der Waals surface area (Å²) in [5.74, 6) is 0. The molecular formula is C4H11NaPS2. The summed E-state index contributed by atoms with van der Waals surface area (Å²) in [5, 5.41) is -1.13. The molecular weight excluding hydrogens is 166 g/mol. The van der Waals surface area contributed by atoms with Crippen LogP contribution in [0, 0.1) is 0 Å². The molecule has 0 bridgehead atoms. The molecule has 4 heteroatoms. The molecule has 0 nitrogen and oxygen atoms in total. The maximum Gasteiger partial charge on any atom is 0.00289 e. The molecule has 0 saturated carbocycles. The fourth-order valence-electron chi connectivity index (χ4n) is 0.224. The van der Waals surface area contributed by atoms with Crippen LogP contribution in [-0.4, -0.2) is 41.9 Å². The van der Waals surface area contributed by atoms with Gasteiger partial charge in [0.05, 0.1) is 0 Å². The standard InChI is InChI=1S/C4H11PS2.Na/c1-3-5(6,7)4-2;/h3-4H2,1-2H3,(H,6,7);. The molecule has 0 aromatic carbocycles. The van der Waals surface area contributed by atoms with Crippen molar-refractivity contribution in [3.05, 3.63) is 0 Å². The van der Waals surface area contributed by atoms with Gasteiger partial charge in [0, 0.05) is 34.8 Å². The Morgan fingerprint density at radius 2 is 1.62 bits per heavy atom. The molecule has 1 radical (unpaired) electrons. The van der Waals surface area contributed by atoms with E-state index < -0.39 is 5.24 Å². The van der Waals surface area contributed by atoms with E-state index in [0.29, 0.717) is 0 Å². The second-order valence-electron chi connectivity index (χ2n) is 1.48. The minimum Gasteiger partial charge on any atom is -0.141 e. The Morgan fingerprint density at radius 1 is 1.38 bits per heavy atom. The Balaban J connectivity index is 0. The molecule has 45 valence electrons. The zero-order chi connectivity index (χ0) is 5.91. The van der Waals surface area contributed by atoms with Crippen LogP contribution < -0.4 is 0 Å². The molecule has 0 heterocycles. The van der Waals surface area contributed by atoms with Gasteiger partial charge in [0.25, 0.3) is 0 Å². The van der Waals surface area contributed by atoms with E-state index >= 15 is 0 Å². The van der Waals surface area contributed by atoms with Gasteiger partial charge in [-0.3, -0.25) is 0 Å². The Morgan fingerprint density at radius 3 is 1.62 bits per heavy atom. The average Bonchev–Trinajstić information content (AvgIpc) is 1.68. The van der Waals surface area contributed by atoms with Crippen LogP contribution in [0.5, 0.6) is 0 Å². The number of rotatable bonds is 2. The largest absolute Gasteiger partial charge is 0.141 e. The predicted octanol–water partition coefficient (Wildman–Crippen LogP) is 1.97. The summed E-state index contributed by atoms with van der Waals surface area (Å²) in [7, 11) is 0.